The zero-order chi connectivity index (χ0) is 14.0. The fraction of sp³-hybridized carbons (Fsp3) is 0.500. The minimum atomic E-state index is -3.94. The predicted molar refractivity (Wildman–Crippen MR) is 70.3 cm³/mol. The molecule has 0 spiro atoms. The Morgan fingerprint density at radius 1 is 1.21 bits per heavy atom. The van der Waals surface area contributed by atoms with E-state index in [0.717, 1.165) is 32.1 Å². The standard InChI is InChI=1S/C12H16N2O4S/c13-19(17,18)11-8-4-7-10(14(15)16)12(11)9-5-2-1-3-6-9/h4,7-9H,1-3,5-6H2,(H2,13,17,18). The Morgan fingerprint density at radius 3 is 2.37 bits per heavy atom. The Hall–Kier alpha value is -1.47. The SMILES string of the molecule is NS(=O)(=O)c1cccc([N+](=O)[O-])c1C1CCCCC1. The van der Waals surface area contributed by atoms with Gasteiger partial charge in [-0.05, 0) is 24.8 Å². The van der Waals surface area contributed by atoms with E-state index in [0.29, 0.717) is 0 Å². The number of sulfonamides is 1. The molecule has 0 atom stereocenters. The number of benzene rings is 1. The van der Waals surface area contributed by atoms with E-state index in [9.17, 15) is 18.5 Å². The lowest BCUT2D eigenvalue weighted by Crippen LogP contribution is -2.18. The molecule has 1 saturated carbocycles. The second-order valence-electron chi connectivity index (χ2n) is 4.83. The molecular weight excluding hydrogens is 268 g/mol. The molecule has 0 aliphatic heterocycles. The maximum atomic E-state index is 11.6. The van der Waals surface area contributed by atoms with E-state index in [1.54, 1.807) is 0 Å². The topological polar surface area (TPSA) is 103 Å². The van der Waals surface area contributed by atoms with Crippen LogP contribution < -0.4 is 5.14 Å². The number of primary sulfonamides is 1. The van der Waals surface area contributed by atoms with Crippen molar-refractivity contribution in [3.8, 4) is 0 Å². The normalized spacial score (nSPS) is 17.3. The zero-order valence-corrected chi connectivity index (χ0v) is 11.2. The molecule has 0 amide bonds. The average molecular weight is 284 g/mol. The van der Waals surface area contributed by atoms with Gasteiger partial charge in [-0.1, -0.05) is 25.3 Å². The third kappa shape index (κ3) is 2.93. The van der Waals surface area contributed by atoms with Crippen LogP contribution in [-0.2, 0) is 10.0 Å². The number of hydrogen-bond acceptors (Lipinski definition) is 4. The largest absolute Gasteiger partial charge is 0.274 e. The molecule has 0 saturated heterocycles. The molecule has 1 fully saturated rings. The number of hydrogen-bond donors (Lipinski definition) is 1. The third-order valence-corrected chi connectivity index (χ3v) is 4.53. The van der Waals surface area contributed by atoms with Crippen molar-refractivity contribution >= 4 is 15.7 Å². The molecule has 7 heteroatoms. The van der Waals surface area contributed by atoms with Gasteiger partial charge in [-0.25, -0.2) is 13.6 Å². The van der Waals surface area contributed by atoms with Crippen LogP contribution in [0.1, 0.15) is 43.6 Å². The van der Waals surface area contributed by atoms with E-state index in [4.69, 9.17) is 5.14 Å². The van der Waals surface area contributed by atoms with Gasteiger partial charge in [0.2, 0.25) is 10.0 Å². The Morgan fingerprint density at radius 2 is 1.84 bits per heavy atom. The summed E-state index contributed by atoms with van der Waals surface area (Å²) in [7, 11) is -3.94. The number of nitrogens with two attached hydrogens (primary N) is 1. The van der Waals surface area contributed by atoms with E-state index in [1.807, 2.05) is 0 Å². The van der Waals surface area contributed by atoms with Crippen LogP contribution in [-0.4, -0.2) is 13.3 Å². The summed E-state index contributed by atoms with van der Waals surface area (Å²) in [4.78, 5) is 10.5. The third-order valence-electron chi connectivity index (χ3n) is 3.56. The van der Waals surface area contributed by atoms with Gasteiger partial charge < -0.3 is 0 Å². The van der Waals surface area contributed by atoms with Crippen LogP contribution in [0.3, 0.4) is 0 Å². The maximum Gasteiger partial charge on any atom is 0.274 e. The van der Waals surface area contributed by atoms with Crippen LogP contribution in [0.2, 0.25) is 0 Å². The molecular formula is C12H16N2O4S. The average Bonchev–Trinajstić information content (AvgIpc) is 2.37. The first-order valence-electron chi connectivity index (χ1n) is 6.21. The van der Waals surface area contributed by atoms with Crippen molar-refractivity contribution < 1.29 is 13.3 Å². The first kappa shape index (κ1) is 14.0. The van der Waals surface area contributed by atoms with Gasteiger partial charge in [-0.3, -0.25) is 10.1 Å². The van der Waals surface area contributed by atoms with E-state index in [-0.39, 0.29) is 22.1 Å². The first-order valence-corrected chi connectivity index (χ1v) is 7.76. The summed E-state index contributed by atoms with van der Waals surface area (Å²) in [6, 6.07) is 4.06. The Balaban J connectivity index is 2.62. The molecule has 1 aromatic rings. The molecule has 2 rings (SSSR count). The van der Waals surface area contributed by atoms with Crippen LogP contribution >= 0.6 is 0 Å². The first-order chi connectivity index (χ1) is 8.91. The van der Waals surface area contributed by atoms with E-state index in [2.05, 4.69) is 0 Å². The van der Waals surface area contributed by atoms with Gasteiger partial charge in [0.05, 0.1) is 15.4 Å². The van der Waals surface area contributed by atoms with Crippen LogP contribution in [0.5, 0.6) is 0 Å². The summed E-state index contributed by atoms with van der Waals surface area (Å²) in [6.07, 6.45) is 4.55. The fourth-order valence-corrected chi connectivity index (χ4v) is 3.59. The highest BCUT2D eigenvalue weighted by molar-refractivity contribution is 7.89. The molecule has 0 heterocycles. The van der Waals surface area contributed by atoms with Crippen LogP contribution in [0, 0.1) is 10.1 Å². The molecule has 104 valence electrons. The Labute approximate surface area is 111 Å². The van der Waals surface area contributed by atoms with Crippen molar-refractivity contribution in [2.24, 2.45) is 5.14 Å². The molecule has 0 radical (unpaired) electrons. The van der Waals surface area contributed by atoms with E-state index < -0.39 is 14.9 Å². The smallest absolute Gasteiger partial charge is 0.258 e. The van der Waals surface area contributed by atoms with Crippen molar-refractivity contribution in [1.29, 1.82) is 0 Å². The predicted octanol–water partition coefficient (Wildman–Crippen LogP) is 2.29. The second kappa shape index (κ2) is 5.26. The van der Waals surface area contributed by atoms with Gasteiger partial charge in [0.1, 0.15) is 0 Å². The minimum Gasteiger partial charge on any atom is -0.258 e. The fourth-order valence-electron chi connectivity index (χ4n) is 2.74. The lowest BCUT2D eigenvalue weighted by atomic mass is 9.83. The molecule has 0 bridgehead atoms. The molecule has 1 aliphatic rings. The van der Waals surface area contributed by atoms with Crippen molar-refractivity contribution in [1.82, 2.24) is 0 Å². The Bertz CT molecular complexity index is 592. The van der Waals surface area contributed by atoms with Crippen LogP contribution in [0.4, 0.5) is 5.69 Å². The number of nitro groups is 1. The molecule has 0 aromatic heterocycles. The molecule has 6 nitrogen and oxygen atoms in total. The van der Waals surface area contributed by atoms with Crippen LogP contribution in [0.25, 0.3) is 0 Å². The van der Waals surface area contributed by atoms with Gasteiger partial charge in [0, 0.05) is 6.07 Å². The van der Waals surface area contributed by atoms with Crippen LogP contribution in [0.15, 0.2) is 23.1 Å². The molecule has 1 aromatic carbocycles. The highest BCUT2D eigenvalue weighted by Gasteiger charge is 2.30. The Kier molecular flexibility index (Phi) is 3.86. The summed E-state index contributed by atoms with van der Waals surface area (Å²) in [5.74, 6) is -0.0938. The number of rotatable bonds is 3. The highest BCUT2D eigenvalue weighted by Crippen LogP contribution is 2.40. The molecule has 19 heavy (non-hydrogen) atoms. The number of nitro benzene ring substituents is 1. The van der Waals surface area contributed by atoms with Crippen molar-refractivity contribution in [3.05, 3.63) is 33.9 Å². The molecule has 0 unspecified atom stereocenters. The molecule has 1 aliphatic carbocycles. The zero-order valence-electron chi connectivity index (χ0n) is 10.4. The van der Waals surface area contributed by atoms with Gasteiger partial charge in [0.25, 0.3) is 5.69 Å². The van der Waals surface area contributed by atoms with Gasteiger partial charge in [-0.2, -0.15) is 0 Å². The lowest BCUT2D eigenvalue weighted by molar-refractivity contribution is -0.386. The molecule has 2 N–H and O–H groups in total. The lowest BCUT2D eigenvalue weighted by Gasteiger charge is -2.23. The van der Waals surface area contributed by atoms with Gasteiger partial charge in [-0.15, -0.1) is 0 Å². The number of nitrogens with zero attached hydrogens (tertiary/aromatic N) is 1. The van der Waals surface area contributed by atoms with Crippen molar-refractivity contribution in [2.75, 3.05) is 0 Å². The summed E-state index contributed by atoms with van der Waals surface area (Å²) < 4.78 is 23.3. The summed E-state index contributed by atoms with van der Waals surface area (Å²) in [5.41, 5.74) is 0.146. The maximum absolute atomic E-state index is 11.6. The van der Waals surface area contributed by atoms with Gasteiger partial charge in [0.15, 0.2) is 0 Å². The summed E-state index contributed by atoms with van der Waals surface area (Å²) in [6.45, 7) is 0. The van der Waals surface area contributed by atoms with Crippen molar-refractivity contribution in [2.45, 2.75) is 42.9 Å². The minimum absolute atomic E-state index is 0.0938. The van der Waals surface area contributed by atoms with Gasteiger partial charge >= 0.3 is 0 Å². The highest BCUT2D eigenvalue weighted by atomic mass is 32.2. The van der Waals surface area contributed by atoms with E-state index >= 15 is 0 Å². The monoisotopic (exact) mass is 284 g/mol. The summed E-state index contributed by atoms with van der Waals surface area (Å²) in [5, 5.41) is 16.3. The van der Waals surface area contributed by atoms with Crippen molar-refractivity contribution in [3.63, 3.8) is 0 Å². The quantitative estimate of drug-likeness (QED) is 0.679. The van der Waals surface area contributed by atoms with E-state index in [1.165, 1.54) is 18.2 Å². The second-order valence-corrected chi connectivity index (χ2v) is 6.36. The summed E-state index contributed by atoms with van der Waals surface area (Å²) >= 11 is 0.